The quantitative estimate of drug-likeness (QED) is 0.772. The smallest absolute Gasteiger partial charge is 0.0108 e. The highest BCUT2D eigenvalue weighted by molar-refractivity contribution is 7.99. The van der Waals surface area contributed by atoms with Gasteiger partial charge in [0.2, 0.25) is 0 Å². The highest BCUT2D eigenvalue weighted by Crippen LogP contribution is 2.19. The van der Waals surface area contributed by atoms with Crippen molar-refractivity contribution >= 4 is 11.8 Å². The van der Waals surface area contributed by atoms with E-state index in [0.29, 0.717) is 0 Å². The minimum absolute atomic E-state index is 0.857. The summed E-state index contributed by atoms with van der Waals surface area (Å²) in [6.07, 6.45) is 2.77. The SMILES string of the molecule is CCNCC1CCCN(CCSc2ccccc2)C1. The third-order valence-electron chi connectivity index (χ3n) is 3.71. The van der Waals surface area contributed by atoms with Crippen LogP contribution in [0.2, 0.25) is 0 Å². The molecule has 1 heterocycles. The molecule has 0 bridgehead atoms. The maximum atomic E-state index is 3.49. The molecule has 1 aliphatic rings. The highest BCUT2D eigenvalue weighted by atomic mass is 32.2. The summed E-state index contributed by atoms with van der Waals surface area (Å²) < 4.78 is 0. The fourth-order valence-electron chi connectivity index (χ4n) is 2.68. The number of benzene rings is 1. The van der Waals surface area contributed by atoms with E-state index in [9.17, 15) is 0 Å². The van der Waals surface area contributed by atoms with Gasteiger partial charge in [-0.25, -0.2) is 0 Å². The first-order valence-electron chi connectivity index (χ1n) is 7.49. The van der Waals surface area contributed by atoms with Crippen LogP contribution < -0.4 is 5.32 Å². The van der Waals surface area contributed by atoms with Crippen molar-refractivity contribution in [3.8, 4) is 0 Å². The molecular weight excluding hydrogens is 252 g/mol. The molecule has 0 amide bonds. The summed E-state index contributed by atoms with van der Waals surface area (Å²) in [5.41, 5.74) is 0. The van der Waals surface area contributed by atoms with Gasteiger partial charge >= 0.3 is 0 Å². The Balaban J connectivity index is 1.65. The van der Waals surface area contributed by atoms with Crippen LogP contribution in [0.15, 0.2) is 35.2 Å². The fourth-order valence-corrected chi connectivity index (χ4v) is 3.61. The lowest BCUT2D eigenvalue weighted by Gasteiger charge is -2.32. The van der Waals surface area contributed by atoms with Crippen LogP contribution in [0.25, 0.3) is 0 Å². The molecule has 0 aliphatic carbocycles. The summed E-state index contributed by atoms with van der Waals surface area (Å²) in [6.45, 7) is 8.28. The number of hydrogen-bond donors (Lipinski definition) is 1. The lowest BCUT2D eigenvalue weighted by molar-refractivity contribution is 0.182. The summed E-state index contributed by atoms with van der Waals surface area (Å²) in [6, 6.07) is 10.7. The molecule has 1 aromatic carbocycles. The molecule has 1 aliphatic heterocycles. The predicted octanol–water partition coefficient (Wildman–Crippen LogP) is 3.10. The largest absolute Gasteiger partial charge is 0.317 e. The maximum absolute atomic E-state index is 3.49. The van der Waals surface area contributed by atoms with Gasteiger partial charge in [-0.3, -0.25) is 0 Å². The van der Waals surface area contributed by atoms with Crippen molar-refractivity contribution in [2.75, 3.05) is 38.5 Å². The molecule has 0 radical (unpaired) electrons. The van der Waals surface area contributed by atoms with Gasteiger partial charge in [0.05, 0.1) is 0 Å². The van der Waals surface area contributed by atoms with E-state index in [-0.39, 0.29) is 0 Å². The first-order chi connectivity index (χ1) is 9.38. The summed E-state index contributed by atoms with van der Waals surface area (Å²) in [5, 5.41) is 3.49. The lowest BCUT2D eigenvalue weighted by Crippen LogP contribution is -2.40. The number of rotatable bonds is 7. The molecule has 1 fully saturated rings. The Morgan fingerprint density at radius 3 is 2.95 bits per heavy atom. The standard InChI is InChI=1S/C16H26N2S/c1-2-17-13-15-7-6-10-18(14-15)11-12-19-16-8-4-3-5-9-16/h3-5,8-9,15,17H,2,6-7,10-14H2,1H3. The van der Waals surface area contributed by atoms with Gasteiger partial charge in [0, 0.05) is 23.7 Å². The maximum Gasteiger partial charge on any atom is 0.0108 e. The van der Waals surface area contributed by atoms with Crippen molar-refractivity contribution in [1.82, 2.24) is 10.2 Å². The summed E-state index contributed by atoms with van der Waals surface area (Å²) in [5.74, 6) is 2.06. The van der Waals surface area contributed by atoms with Gasteiger partial charge in [-0.2, -0.15) is 0 Å². The van der Waals surface area contributed by atoms with E-state index in [0.717, 1.165) is 12.5 Å². The zero-order valence-corrected chi connectivity index (χ0v) is 12.8. The van der Waals surface area contributed by atoms with Gasteiger partial charge in [-0.05, 0) is 50.5 Å². The van der Waals surface area contributed by atoms with Crippen molar-refractivity contribution in [1.29, 1.82) is 0 Å². The van der Waals surface area contributed by atoms with E-state index in [4.69, 9.17) is 0 Å². The van der Waals surface area contributed by atoms with Gasteiger partial charge in [0.1, 0.15) is 0 Å². The molecule has 0 aromatic heterocycles. The second-order valence-electron chi connectivity index (χ2n) is 5.28. The van der Waals surface area contributed by atoms with Crippen molar-refractivity contribution < 1.29 is 0 Å². The molecule has 1 unspecified atom stereocenters. The van der Waals surface area contributed by atoms with Crippen molar-refractivity contribution in [2.45, 2.75) is 24.7 Å². The molecule has 1 saturated heterocycles. The number of likely N-dealkylation sites (tertiary alicyclic amines) is 1. The highest BCUT2D eigenvalue weighted by Gasteiger charge is 2.18. The Bertz CT molecular complexity index is 342. The average Bonchev–Trinajstić information content (AvgIpc) is 2.47. The normalized spacial score (nSPS) is 20.6. The summed E-state index contributed by atoms with van der Waals surface area (Å²) >= 11 is 1.98. The average molecular weight is 278 g/mol. The van der Waals surface area contributed by atoms with Crippen LogP contribution in [0.5, 0.6) is 0 Å². The van der Waals surface area contributed by atoms with Crippen LogP contribution in [-0.4, -0.2) is 43.4 Å². The topological polar surface area (TPSA) is 15.3 Å². The Kier molecular flexibility index (Phi) is 6.75. The van der Waals surface area contributed by atoms with Gasteiger partial charge < -0.3 is 10.2 Å². The fraction of sp³-hybridized carbons (Fsp3) is 0.625. The number of nitrogens with one attached hydrogen (secondary N) is 1. The minimum atomic E-state index is 0.857. The Morgan fingerprint density at radius 2 is 2.16 bits per heavy atom. The van der Waals surface area contributed by atoms with Gasteiger partial charge in [-0.15, -0.1) is 11.8 Å². The molecular formula is C16H26N2S. The minimum Gasteiger partial charge on any atom is -0.317 e. The van der Waals surface area contributed by atoms with Crippen LogP contribution in [-0.2, 0) is 0 Å². The zero-order valence-electron chi connectivity index (χ0n) is 12.0. The van der Waals surface area contributed by atoms with Crippen LogP contribution in [0.3, 0.4) is 0 Å². The predicted molar refractivity (Wildman–Crippen MR) is 84.9 cm³/mol. The van der Waals surface area contributed by atoms with E-state index in [1.54, 1.807) is 0 Å². The van der Waals surface area contributed by atoms with E-state index < -0.39 is 0 Å². The number of piperidine rings is 1. The molecule has 2 nitrogen and oxygen atoms in total. The van der Waals surface area contributed by atoms with Crippen molar-refractivity contribution in [3.63, 3.8) is 0 Å². The van der Waals surface area contributed by atoms with Crippen LogP contribution in [0.1, 0.15) is 19.8 Å². The molecule has 2 rings (SSSR count). The number of nitrogens with zero attached hydrogens (tertiary/aromatic N) is 1. The zero-order chi connectivity index (χ0) is 13.3. The van der Waals surface area contributed by atoms with Crippen LogP contribution in [0, 0.1) is 5.92 Å². The number of thioether (sulfide) groups is 1. The second-order valence-corrected chi connectivity index (χ2v) is 6.45. The number of hydrogen-bond acceptors (Lipinski definition) is 3. The van der Waals surface area contributed by atoms with Crippen LogP contribution in [0.4, 0.5) is 0 Å². The lowest BCUT2D eigenvalue weighted by atomic mass is 9.98. The first-order valence-corrected chi connectivity index (χ1v) is 8.48. The summed E-state index contributed by atoms with van der Waals surface area (Å²) in [4.78, 5) is 4.03. The molecule has 1 aromatic rings. The van der Waals surface area contributed by atoms with Crippen LogP contribution >= 0.6 is 11.8 Å². The molecule has 1 N–H and O–H groups in total. The van der Waals surface area contributed by atoms with E-state index in [1.165, 1.54) is 49.7 Å². The van der Waals surface area contributed by atoms with Crippen molar-refractivity contribution in [3.05, 3.63) is 30.3 Å². The third kappa shape index (κ3) is 5.55. The molecule has 3 heteroatoms. The van der Waals surface area contributed by atoms with E-state index >= 15 is 0 Å². The monoisotopic (exact) mass is 278 g/mol. The van der Waals surface area contributed by atoms with Gasteiger partial charge in [0.25, 0.3) is 0 Å². The molecule has 0 spiro atoms. The first kappa shape index (κ1) is 14.9. The molecule has 0 saturated carbocycles. The van der Waals surface area contributed by atoms with Crippen molar-refractivity contribution in [2.24, 2.45) is 5.92 Å². The molecule has 106 valence electrons. The van der Waals surface area contributed by atoms with Gasteiger partial charge in [0.15, 0.2) is 0 Å². The summed E-state index contributed by atoms with van der Waals surface area (Å²) in [7, 11) is 0. The third-order valence-corrected chi connectivity index (χ3v) is 4.70. The van der Waals surface area contributed by atoms with E-state index in [2.05, 4.69) is 47.5 Å². The van der Waals surface area contributed by atoms with Gasteiger partial charge in [-0.1, -0.05) is 25.1 Å². The second kappa shape index (κ2) is 8.62. The molecule has 19 heavy (non-hydrogen) atoms. The Hall–Kier alpha value is -0.510. The van der Waals surface area contributed by atoms with E-state index in [1.807, 2.05) is 11.8 Å². The molecule has 1 atom stereocenters. The Labute approximate surface area is 122 Å². The Morgan fingerprint density at radius 1 is 1.32 bits per heavy atom.